The minimum atomic E-state index is -0.226. The van der Waals surface area contributed by atoms with Crippen LogP contribution in [0.3, 0.4) is 0 Å². The van der Waals surface area contributed by atoms with Gasteiger partial charge in [-0.25, -0.2) is 9.97 Å². The molecule has 2 N–H and O–H groups in total. The van der Waals surface area contributed by atoms with Gasteiger partial charge in [0.15, 0.2) is 0 Å². The van der Waals surface area contributed by atoms with Crippen LogP contribution in [0.15, 0.2) is 18.2 Å². The van der Waals surface area contributed by atoms with Crippen molar-refractivity contribution in [3.8, 4) is 0 Å². The number of nitrogens with one attached hydrogen (secondary N) is 2. The van der Waals surface area contributed by atoms with Gasteiger partial charge in [-0.15, -0.1) is 0 Å². The van der Waals surface area contributed by atoms with Gasteiger partial charge in [-0.1, -0.05) is 17.7 Å². The number of likely N-dealkylation sites (N-methyl/N-ethyl adjacent to an activating group) is 1. The summed E-state index contributed by atoms with van der Waals surface area (Å²) in [6.07, 6.45) is 0. The second-order valence-electron chi connectivity index (χ2n) is 6.64. The van der Waals surface area contributed by atoms with E-state index >= 15 is 0 Å². The highest BCUT2D eigenvalue weighted by Crippen LogP contribution is 2.22. The van der Waals surface area contributed by atoms with Crippen LogP contribution in [0.1, 0.15) is 33.0 Å². The summed E-state index contributed by atoms with van der Waals surface area (Å²) in [6.45, 7) is 9.46. The number of hydrogen-bond acceptors (Lipinski definition) is 5. The Balaban J connectivity index is 2.18. The summed E-state index contributed by atoms with van der Waals surface area (Å²) in [5, 5.41) is 6.22. The number of aryl methyl sites for hydroxylation is 4. The highest BCUT2D eigenvalue weighted by Gasteiger charge is 2.13. The monoisotopic (exact) mass is 341 g/mol. The molecule has 1 heterocycles. The first-order valence-corrected chi connectivity index (χ1v) is 8.39. The number of nitrogens with zero attached hydrogens (tertiary/aromatic N) is 3. The van der Waals surface area contributed by atoms with Crippen molar-refractivity contribution in [3.05, 3.63) is 46.4 Å². The summed E-state index contributed by atoms with van der Waals surface area (Å²) >= 11 is 0. The van der Waals surface area contributed by atoms with Crippen molar-refractivity contribution in [1.29, 1.82) is 0 Å². The summed E-state index contributed by atoms with van der Waals surface area (Å²) < 4.78 is 0. The molecule has 1 aromatic carbocycles. The number of anilines is 2. The van der Waals surface area contributed by atoms with E-state index in [9.17, 15) is 4.79 Å². The van der Waals surface area contributed by atoms with Crippen molar-refractivity contribution >= 4 is 17.4 Å². The first kappa shape index (κ1) is 18.9. The van der Waals surface area contributed by atoms with E-state index in [1.165, 1.54) is 5.56 Å². The molecule has 0 aliphatic rings. The van der Waals surface area contributed by atoms with Gasteiger partial charge in [0.1, 0.15) is 17.3 Å². The molecule has 0 unspecified atom stereocenters. The summed E-state index contributed by atoms with van der Waals surface area (Å²) in [6, 6.07) is 5.81. The van der Waals surface area contributed by atoms with Crippen LogP contribution < -0.4 is 10.6 Å². The summed E-state index contributed by atoms with van der Waals surface area (Å²) in [5.74, 6) is 1.01. The molecule has 0 saturated carbocycles. The van der Waals surface area contributed by atoms with Crippen LogP contribution in [0.25, 0.3) is 0 Å². The molecule has 0 aliphatic heterocycles. The standard InChI is InChI=1S/C19H27N5O/c1-12-9-13(2)18(14(3)10-12)23-19(25)16-11-17(22-15(4)21-16)20-7-8-24(5)6/h9-11H,7-8H2,1-6H3,(H,23,25)(H,20,21,22). The Morgan fingerprint density at radius 2 is 1.68 bits per heavy atom. The molecular weight excluding hydrogens is 314 g/mol. The summed E-state index contributed by atoms with van der Waals surface area (Å²) in [5.41, 5.74) is 4.47. The minimum Gasteiger partial charge on any atom is -0.369 e. The predicted molar refractivity (Wildman–Crippen MR) is 102 cm³/mol. The maximum absolute atomic E-state index is 12.7. The molecule has 1 aromatic heterocycles. The Labute approximate surface area is 149 Å². The molecule has 0 fully saturated rings. The normalized spacial score (nSPS) is 10.8. The van der Waals surface area contributed by atoms with Crippen LogP contribution in [-0.4, -0.2) is 48.0 Å². The van der Waals surface area contributed by atoms with E-state index in [-0.39, 0.29) is 5.91 Å². The molecule has 1 amide bonds. The zero-order chi connectivity index (χ0) is 18.6. The lowest BCUT2D eigenvalue weighted by atomic mass is 10.0. The molecule has 2 aromatic rings. The second-order valence-corrected chi connectivity index (χ2v) is 6.64. The molecule has 25 heavy (non-hydrogen) atoms. The number of hydrogen-bond donors (Lipinski definition) is 2. The topological polar surface area (TPSA) is 70.2 Å². The van der Waals surface area contributed by atoms with Crippen LogP contribution >= 0.6 is 0 Å². The van der Waals surface area contributed by atoms with E-state index in [4.69, 9.17) is 0 Å². The van der Waals surface area contributed by atoms with E-state index in [1.807, 2.05) is 34.9 Å². The van der Waals surface area contributed by atoms with Gasteiger partial charge >= 0.3 is 0 Å². The van der Waals surface area contributed by atoms with Crippen LogP contribution in [0.5, 0.6) is 0 Å². The fourth-order valence-corrected chi connectivity index (χ4v) is 2.74. The number of benzene rings is 1. The lowest BCUT2D eigenvalue weighted by Crippen LogP contribution is -2.22. The molecular formula is C19H27N5O. The molecule has 0 atom stereocenters. The van der Waals surface area contributed by atoms with Crippen LogP contribution in [-0.2, 0) is 0 Å². The molecule has 6 heteroatoms. The van der Waals surface area contributed by atoms with Crippen molar-refractivity contribution in [2.75, 3.05) is 37.8 Å². The van der Waals surface area contributed by atoms with Crippen LogP contribution in [0, 0.1) is 27.7 Å². The van der Waals surface area contributed by atoms with Gasteiger partial charge in [0, 0.05) is 24.8 Å². The molecule has 0 spiro atoms. The SMILES string of the molecule is Cc1cc(C)c(NC(=O)c2cc(NCCN(C)C)nc(C)n2)c(C)c1. The number of rotatable bonds is 6. The fraction of sp³-hybridized carbons (Fsp3) is 0.421. The molecule has 0 radical (unpaired) electrons. The Kier molecular flexibility index (Phi) is 6.09. The number of carbonyl (C=O) groups excluding carboxylic acids is 1. The highest BCUT2D eigenvalue weighted by atomic mass is 16.1. The van der Waals surface area contributed by atoms with Crippen LogP contribution in [0.4, 0.5) is 11.5 Å². The third-order valence-electron chi connectivity index (χ3n) is 3.85. The van der Waals surface area contributed by atoms with Crippen molar-refractivity contribution in [2.45, 2.75) is 27.7 Å². The highest BCUT2D eigenvalue weighted by molar-refractivity contribution is 6.04. The lowest BCUT2D eigenvalue weighted by Gasteiger charge is -2.14. The number of carbonyl (C=O) groups is 1. The first-order valence-electron chi connectivity index (χ1n) is 8.39. The minimum absolute atomic E-state index is 0.226. The average Bonchev–Trinajstić information content (AvgIpc) is 2.49. The van der Waals surface area contributed by atoms with Crippen molar-refractivity contribution in [2.24, 2.45) is 0 Å². The fourth-order valence-electron chi connectivity index (χ4n) is 2.74. The number of amides is 1. The maximum atomic E-state index is 12.7. The van der Waals surface area contributed by atoms with Crippen LogP contribution in [0.2, 0.25) is 0 Å². The third-order valence-corrected chi connectivity index (χ3v) is 3.85. The third kappa shape index (κ3) is 5.26. The van der Waals surface area contributed by atoms with Crippen molar-refractivity contribution < 1.29 is 4.79 Å². The maximum Gasteiger partial charge on any atom is 0.274 e. The smallest absolute Gasteiger partial charge is 0.274 e. The Hall–Kier alpha value is -2.47. The molecule has 6 nitrogen and oxygen atoms in total. The van der Waals surface area contributed by atoms with Gasteiger partial charge in [0.25, 0.3) is 5.91 Å². The van der Waals surface area contributed by atoms with Gasteiger partial charge in [-0.05, 0) is 52.9 Å². The first-order chi connectivity index (χ1) is 11.8. The number of aromatic nitrogens is 2. The van der Waals surface area contributed by atoms with Gasteiger partial charge < -0.3 is 15.5 Å². The Bertz CT molecular complexity index is 747. The average molecular weight is 341 g/mol. The second kappa shape index (κ2) is 8.07. The summed E-state index contributed by atoms with van der Waals surface area (Å²) in [7, 11) is 4.02. The van der Waals surface area contributed by atoms with Crippen molar-refractivity contribution in [1.82, 2.24) is 14.9 Å². The lowest BCUT2D eigenvalue weighted by molar-refractivity contribution is 0.102. The van der Waals surface area contributed by atoms with E-state index in [0.29, 0.717) is 17.3 Å². The predicted octanol–water partition coefficient (Wildman–Crippen LogP) is 2.94. The molecule has 134 valence electrons. The Morgan fingerprint density at radius 3 is 2.28 bits per heavy atom. The van der Waals surface area contributed by atoms with Crippen molar-refractivity contribution in [3.63, 3.8) is 0 Å². The molecule has 0 aliphatic carbocycles. The zero-order valence-corrected chi connectivity index (χ0v) is 15.9. The summed E-state index contributed by atoms with van der Waals surface area (Å²) in [4.78, 5) is 23.4. The van der Waals surface area contributed by atoms with E-state index in [2.05, 4.69) is 37.6 Å². The molecule has 0 bridgehead atoms. The largest absolute Gasteiger partial charge is 0.369 e. The zero-order valence-electron chi connectivity index (χ0n) is 15.9. The van der Waals surface area contributed by atoms with E-state index < -0.39 is 0 Å². The van der Waals surface area contributed by atoms with Gasteiger partial charge in [-0.3, -0.25) is 4.79 Å². The Morgan fingerprint density at radius 1 is 1.04 bits per heavy atom. The molecule has 0 saturated heterocycles. The van der Waals surface area contributed by atoms with E-state index in [0.717, 1.165) is 29.9 Å². The van der Waals surface area contributed by atoms with Gasteiger partial charge in [-0.2, -0.15) is 0 Å². The quantitative estimate of drug-likeness (QED) is 0.845. The van der Waals surface area contributed by atoms with E-state index in [1.54, 1.807) is 13.0 Å². The van der Waals surface area contributed by atoms with Gasteiger partial charge in [0.05, 0.1) is 0 Å². The molecule has 2 rings (SSSR count). The van der Waals surface area contributed by atoms with Gasteiger partial charge in [0.2, 0.25) is 0 Å².